The Morgan fingerprint density at radius 1 is 0.821 bits per heavy atom. The monoisotopic (exact) mass is 543 g/mol. The molecule has 0 radical (unpaired) electrons. The summed E-state index contributed by atoms with van der Waals surface area (Å²) < 4.78 is 0. The van der Waals surface area contributed by atoms with Crippen molar-refractivity contribution in [2.45, 2.75) is 34.1 Å². The van der Waals surface area contributed by atoms with Crippen molar-refractivity contribution in [1.82, 2.24) is 0 Å². The number of para-hydroxylation sites is 2. The number of nitrogens with zero attached hydrogens (tertiary/aromatic N) is 3. The van der Waals surface area contributed by atoms with Crippen LogP contribution in [0.3, 0.4) is 0 Å². The summed E-state index contributed by atoms with van der Waals surface area (Å²) in [5.41, 5.74) is 8.63. The van der Waals surface area contributed by atoms with Crippen LogP contribution in [0.25, 0.3) is 0 Å². The summed E-state index contributed by atoms with van der Waals surface area (Å²) in [6.45, 7) is 8.32. The van der Waals surface area contributed by atoms with Gasteiger partial charge in [-0.15, -0.1) is 0 Å². The Morgan fingerprint density at radius 2 is 1.25 bits per heavy atom. The molecule has 2 aromatic carbocycles. The van der Waals surface area contributed by atoms with Gasteiger partial charge in [-0.25, -0.2) is 0 Å². The first-order chi connectivity index (χ1) is 13.5. The van der Waals surface area contributed by atoms with Crippen molar-refractivity contribution < 1.29 is 11.3 Å². The molecule has 0 bridgehead atoms. The predicted octanol–water partition coefficient (Wildman–Crippen LogP) is 7.44. The molecule has 0 N–H and O–H groups in total. The first-order valence-corrected chi connectivity index (χ1v) is 14.3. The van der Waals surface area contributed by atoms with Crippen LogP contribution in [-0.4, -0.2) is 18.1 Å². The molecule has 0 saturated carbocycles. The van der Waals surface area contributed by atoms with Crippen LogP contribution >= 0.6 is 28.2 Å². The van der Waals surface area contributed by atoms with Gasteiger partial charge >= 0.3 is 39.6 Å². The molecule has 0 unspecified atom stereocenters. The number of hydrogen-bond donors (Lipinski definition) is 0. The van der Waals surface area contributed by atoms with E-state index in [0.717, 1.165) is 40.5 Å². The zero-order valence-corrected chi connectivity index (χ0v) is 20.6. The molecule has 0 fully saturated rings. The summed E-state index contributed by atoms with van der Waals surface area (Å²) >= 11 is 7.00. The molecule has 0 aromatic heterocycles. The minimum atomic E-state index is 0.794. The molecule has 28 heavy (non-hydrogen) atoms. The molecule has 148 valence electrons. The summed E-state index contributed by atoms with van der Waals surface area (Å²) in [6.07, 6.45) is 6.59. The average Bonchev–Trinajstić information content (AvgIpc) is 3.09. The van der Waals surface area contributed by atoms with Crippen LogP contribution in [0.15, 0.2) is 63.1 Å². The van der Waals surface area contributed by atoms with Crippen molar-refractivity contribution in [3.8, 4) is 0 Å². The van der Waals surface area contributed by atoms with Gasteiger partial charge in [0.2, 0.25) is 0 Å². The number of aliphatic imine (C=N–C) groups is 3. The van der Waals surface area contributed by atoms with Crippen LogP contribution in [0.2, 0.25) is 0 Å². The first-order valence-electron chi connectivity index (χ1n) is 8.79. The molecule has 2 aromatic rings. The van der Waals surface area contributed by atoms with Gasteiger partial charge in [-0.1, -0.05) is 42.5 Å². The standard InChI is InChI=1S/C22H23N3.2BrH.Fe/c1-15-7-5-8-16(2)21(15)23-13-19-11-12-20(25-19)14-24-22-17(3)9-6-10-18(22)4;;;/h5-11,13-14H,12H2,1-4H3;2*1H;/q;;;+2/p-2. The normalized spacial score (nSPS) is 13.6. The third kappa shape index (κ3) is 6.63. The molecule has 0 amide bonds. The molecule has 0 atom stereocenters. The number of rotatable bonds is 4. The Kier molecular flexibility index (Phi) is 9.52. The Balaban J connectivity index is 0.000000878. The van der Waals surface area contributed by atoms with Crippen LogP contribution in [0, 0.1) is 27.7 Å². The molecular formula is C22H23Br2FeN3. The van der Waals surface area contributed by atoms with E-state index < -0.39 is 0 Å². The van der Waals surface area contributed by atoms with Gasteiger partial charge in [-0.05, 0) is 49.9 Å². The Bertz CT molecular complexity index is 906. The summed E-state index contributed by atoms with van der Waals surface area (Å²) in [4.78, 5) is 13.9. The summed E-state index contributed by atoms with van der Waals surface area (Å²) in [6, 6.07) is 12.4. The second kappa shape index (κ2) is 11.6. The van der Waals surface area contributed by atoms with E-state index in [1.807, 2.05) is 12.4 Å². The molecule has 1 aliphatic rings. The summed E-state index contributed by atoms with van der Waals surface area (Å²) in [7, 11) is 0. The van der Waals surface area contributed by atoms with E-state index in [2.05, 4.69) is 113 Å². The van der Waals surface area contributed by atoms with Gasteiger partial charge in [0.05, 0.1) is 29.0 Å². The fraction of sp³-hybridized carbons (Fsp3) is 0.227. The van der Waals surface area contributed by atoms with E-state index in [0.29, 0.717) is 0 Å². The van der Waals surface area contributed by atoms with Crippen LogP contribution in [-0.2, 0) is 11.3 Å². The maximum absolute atomic E-state index is 4.63. The molecule has 1 heterocycles. The first kappa shape index (κ1) is 23.0. The van der Waals surface area contributed by atoms with Crippen molar-refractivity contribution in [2.75, 3.05) is 0 Å². The number of halogens is 2. The van der Waals surface area contributed by atoms with Crippen molar-refractivity contribution in [3.63, 3.8) is 0 Å². The van der Waals surface area contributed by atoms with Crippen molar-refractivity contribution in [1.29, 1.82) is 0 Å². The minimum absolute atomic E-state index is 0.794. The summed E-state index contributed by atoms with van der Waals surface area (Å²) in [5, 5.41) is 0. The van der Waals surface area contributed by atoms with E-state index in [-0.39, 0.29) is 0 Å². The second-order valence-corrected chi connectivity index (χ2v) is 12.1. The quantitative estimate of drug-likeness (QED) is 0.283. The molecule has 1 aliphatic heterocycles. The molecular weight excluding hydrogens is 522 g/mol. The van der Waals surface area contributed by atoms with Crippen molar-refractivity contribution >= 4 is 57.7 Å². The van der Waals surface area contributed by atoms with Gasteiger partial charge in [0.15, 0.2) is 0 Å². The molecule has 0 spiro atoms. The van der Waals surface area contributed by atoms with Crippen molar-refractivity contribution in [2.24, 2.45) is 15.0 Å². The zero-order chi connectivity index (χ0) is 20.5. The van der Waals surface area contributed by atoms with Gasteiger partial charge < -0.3 is 0 Å². The van der Waals surface area contributed by atoms with E-state index in [1.54, 1.807) is 0 Å². The van der Waals surface area contributed by atoms with E-state index in [9.17, 15) is 0 Å². The fourth-order valence-corrected chi connectivity index (χ4v) is 2.92. The fourth-order valence-electron chi connectivity index (χ4n) is 2.92. The van der Waals surface area contributed by atoms with Crippen molar-refractivity contribution in [3.05, 3.63) is 70.4 Å². The third-order valence-electron chi connectivity index (χ3n) is 4.34. The second-order valence-electron chi connectivity index (χ2n) is 6.48. The summed E-state index contributed by atoms with van der Waals surface area (Å²) in [5.74, 6) is 0. The van der Waals surface area contributed by atoms with E-state index in [1.165, 1.54) is 22.3 Å². The molecule has 3 rings (SSSR count). The number of aryl methyl sites for hydroxylation is 4. The molecule has 6 heteroatoms. The van der Waals surface area contributed by atoms with Gasteiger partial charge in [0.25, 0.3) is 0 Å². The van der Waals surface area contributed by atoms with E-state index >= 15 is 0 Å². The number of benzene rings is 2. The number of allylic oxidation sites excluding steroid dienone is 2. The van der Waals surface area contributed by atoms with E-state index in [4.69, 9.17) is 0 Å². The molecule has 3 nitrogen and oxygen atoms in total. The Labute approximate surface area is 187 Å². The average molecular weight is 545 g/mol. The van der Waals surface area contributed by atoms with Crippen LogP contribution in [0.1, 0.15) is 28.7 Å². The molecule has 0 saturated heterocycles. The third-order valence-corrected chi connectivity index (χ3v) is 4.34. The molecule has 0 aliphatic carbocycles. The van der Waals surface area contributed by atoms with Gasteiger partial charge in [0.1, 0.15) is 0 Å². The number of hydrogen-bond acceptors (Lipinski definition) is 3. The Morgan fingerprint density at radius 3 is 1.71 bits per heavy atom. The van der Waals surface area contributed by atoms with Crippen LogP contribution in [0.4, 0.5) is 11.4 Å². The van der Waals surface area contributed by atoms with Crippen LogP contribution < -0.4 is 0 Å². The van der Waals surface area contributed by atoms with Gasteiger partial charge in [-0.3, -0.25) is 15.0 Å². The SMILES string of the molecule is Cc1cccc(C)c1N=CC1=CCC(C=Nc2c(C)cccc2C)=N1.[Br][Fe][Br]. The van der Waals surface area contributed by atoms with Gasteiger partial charge in [0, 0.05) is 12.6 Å². The Hall–Kier alpha value is -1.33. The van der Waals surface area contributed by atoms with Crippen LogP contribution in [0.5, 0.6) is 0 Å². The maximum atomic E-state index is 4.63. The zero-order valence-electron chi connectivity index (χ0n) is 16.4. The predicted molar refractivity (Wildman–Crippen MR) is 126 cm³/mol. The topological polar surface area (TPSA) is 37.1 Å². The van der Waals surface area contributed by atoms with Gasteiger partial charge in [-0.2, -0.15) is 0 Å².